The molecule has 2 aromatic heterocycles. The van der Waals surface area contributed by atoms with E-state index < -0.39 is 11.5 Å². The number of nitrogens with zero attached hydrogens (tertiary/aromatic N) is 2. The number of Topliss-reactive ketones (excluding diaryl/α,β-unsaturated/α-hetero) is 1. The summed E-state index contributed by atoms with van der Waals surface area (Å²) in [4.78, 5) is 58.2. The van der Waals surface area contributed by atoms with Crippen LogP contribution in [0, 0.1) is 6.92 Å². The molecule has 0 bridgehead atoms. The van der Waals surface area contributed by atoms with Crippen LogP contribution in [-0.4, -0.2) is 39.4 Å². The minimum absolute atomic E-state index is 0.00355. The molecule has 0 saturated carbocycles. The number of hydrogen-bond donors (Lipinski definition) is 3. The number of benzene rings is 1. The van der Waals surface area contributed by atoms with E-state index in [4.69, 9.17) is 5.73 Å². The van der Waals surface area contributed by atoms with Crippen LogP contribution in [0.5, 0.6) is 0 Å². The average molecular weight is 506 g/mol. The van der Waals surface area contributed by atoms with Crippen molar-refractivity contribution in [3.63, 3.8) is 0 Å². The topological polar surface area (TPSA) is 138 Å². The van der Waals surface area contributed by atoms with E-state index in [0.717, 1.165) is 34.5 Å². The molecular formula is C26H27N5O4S. The van der Waals surface area contributed by atoms with Gasteiger partial charge in [-0.3, -0.25) is 19.2 Å². The van der Waals surface area contributed by atoms with E-state index in [1.165, 1.54) is 23.8 Å². The Labute approximate surface area is 211 Å². The van der Waals surface area contributed by atoms with Crippen molar-refractivity contribution in [2.24, 2.45) is 5.73 Å². The van der Waals surface area contributed by atoms with Crippen molar-refractivity contribution in [3.05, 3.63) is 85.6 Å². The van der Waals surface area contributed by atoms with Crippen molar-refractivity contribution in [1.29, 1.82) is 0 Å². The number of carbonyl (C=O) groups is 3. The molecule has 0 spiro atoms. The monoisotopic (exact) mass is 505 g/mol. The second kappa shape index (κ2) is 10.3. The SMILES string of the molecule is C=C/C(=C(/N)C=O)N1CCc2ccc(CNC(=O)c3nc4sc(CC(C)=O)c(C)c4c(=O)[nH]3)cc2C1. The number of aryl methyl sites for hydroxylation is 1. The van der Waals surface area contributed by atoms with Gasteiger partial charge in [0.15, 0.2) is 6.29 Å². The molecule has 4 N–H and O–H groups in total. The van der Waals surface area contributed by atoms with Gasteiger partial charge in [-0.15, -0.1) is 11.3 Å². The van der Waals surface area contributed by atoms with Crippen LogP contribution in [0.1, 0.15) is 44.7 Å². The number of aldehydes is 1. The quantitative estimate of drug-likeness (QED) is 0.242. The average Bonchev–Trinajstić information content (AvgIpc) is 3.17. The van der Waals surface area contributed by atoms with Gasteiger partial charge < -0.3 is 20.9 Å². The van der Waals surface area contributed by atoms with Gasteiger partial charge in [0.1, 0.15) is 10.6 Å². The van der Waals surface area contributed by atoms with E-state index >= 15 is 0 Å². The third-order valence-electron chi connectivity index (χ3n) is 6.22. The lowest BCUT2D eigenvalue weighted by molar-refractivity contribution is -0.116. The predicted molar refractivity (Wildman–Crippen MR) is 139 cm³/mol. The lowest BCUT2D eigenvalue weighted by Crippen LogP contribution is -2.31. The first-order valence-electron chi connectivity index (χ1n) is 11.4. The fraction of sp³-hybridized carbons (Fsp3) is 0.269. The van der Waals surface area contributed by atoms with Gasteiger partial charge >= 0.3 is 0 Å². The summed E-state index contributed by atoms with van der Waals surface area (Å²) in [5.41, 5.74) is 10.1. The van der Waals surface area contributed by atoms with Gasteiger partial charge in [-0.1, -0.05) is 24.8 Å². The molecule has 36 heavy (non-hydrogen) atoms. The summed E-state index contributed by atoms with van der Waals surface area (Å²) in [5.74, 6) is -0.573. The minimum atomic E-state index is -0.497. The Balaban J connectivity index is 1.50. The number of H-pyrrole nitrogens is 1. The number of rotatable bonds is 8. The molecule has 0 radical (unpaired) electrons. The van der Waals surface area contributed by atoms with Crippen LogP contribution in [0.2, 0.25) is 0 Å². The number of fused-ring (bicyclic) bond motifs is 2. The third kappa shape index (κ3) is 4.99. The Hall–Kier alpha value is -4.05. The predicted octanol–water partition coefficient (Wildman–Crippen LogP) is 2.27. The van der Waals surface area contributed by atoms with Crippen LogP contribution in [0.4, 0.5) is 0 Å². The third-order valence-corrected chi connectivity index (χ3v) is 7.40. The van der Waals surface area contributed by atoms with Gasteiger partial charge in [-0.25, -0.2) is 4.98 Å². The first-order chi connectivity index (χ1) is 17.2. The zero-order valence-corrected chi connectivity index (χ0v) is 21.0. The molecule has 10 heteroatoms. The molecule has 0 aliphatic carbocycles. The summed E-state index contributed by atoms with van der Waals surface area (Å²) < 4.78 is 0. The maximum Gasteiger partial charge on any atom is 0.287 e. The molecule has 0 unspecified atom stereocenters. The van der Waals surface area contributed by atoms with Gasteiger partial charge in [0.2, 0.25) is 5.82 Å². The standard InChI is InChI=1S/C26H27N5O4S/c1-4-20(19(27)13-32)31-8-7-17-6-5-16(10-18(17)12-31)11-28-25(35)23-29-24(34)22-15(3)21(9-14(2)33)36-26(22)30-23/h4-6,10,13H,1,7-9,11-12,27H2,2-3H3,(H,28,35)(H,29,30,34)/b20-19-. The molecule has 1 aliphatic rings. The molecule has 0 saturated heterocycles. The van der Waals surface area contributed by atoms with Crippen molar-refractivity contribution in [2.75, 3.05) is 6.54 Å². The van der Waals surface area contributed by atoms with E-state index in [1.54, 1.807) is 13.0 Å². The molecule has 0 fully saturated rings. The van der Waals surface area contributed by atoms with Crippen LogP contribution >= 0.6 is 11.3 Å². The summed E-state index contributed by atoms with van der Waals surface area (Å²) in [6.45, 7) is 8.58. The number of aromatic nitrogens is 2. The Bertz CT molecular complexity index is 1480. The summed E-state index contributed by atoms with van der Waals surface area (Å²) >= 11 is 1.26. The number of nitrogens with one attached hydrogen (secondary N) is 2. The number of aromatic amines is 1. The highest BCUT2D eigenvalue weighted by atomic mass is 32.1. The van der Waals surface area contributed by atoms with Crippen LogP contribution in [0.3, 0.4) is 0 Å². The highest BCUT2D eigenvalue weighted by molar-refractivity contribution is 7.18. The molecule has 3 aromatic rings. The molecule has 4 rings (SSSR count). The molecule has 1 aliphatic heterocycles. The van der Waals surface area contributed by atoms with Gasteiger partial charge in [0, 0.05) is 30.9 Å². The molecule has 1 aromatic carbocycles. The highest BCUT2D eigenvalue weighted by Gasteiger charge is 2.20. The Kier molecular flexibility index (Phi) is 7.16. The minimum Gasteiger partial charge on any atom is -0.394 e. The van der Waals surface area contributed by atoms with Crippen molar-refractivity contribution < 1.29 is 14.4 Å². The molecule has 186 valence electrons. The van der Waals surface area contributed by atoms with Gasteiger partial charge in [-0.2, -0.15) is 0 Å². The van der Waals surface area contributed by atoms with Crippen LogP contribution in [-0.2, 0) is 35.5 Å². The van der Waals surface area contributed by atoms with Crippen molar-refractivity contribution >= 4 is 39.5 Å². The van der Waals surface area contributed by atoms with Gasteiger partial charge in [-0.05, 0) is 48.6 Å². The van der Waals surface area contributed by atoms with E-state index in [1.807, 2.05) is 23.1 Å². The van der Waals surface area contributed by atoms with Crippen LogP contribution < -0.4 is 16.6 Å². The number of hydrogen-bond acceptors (Lipinski definition) is 8. The van der Waals surface area contributed by atoms with E-state index in [0.29, 0.717) is 28.7 Å². The van der Waals surface area contributed by atoms with Crippen LogP contribution in [0.15, 0.2) is 47.0 Å². The Morgan fingerprint density at radius 1 is 1.33 bits per heavy atom. The summed E-state index contributed by atoms with van der Waals surface area (Å²) in [7, 11) is 0. The molecular weight excluding hydrogens is 478 g/mol. The second-order valence-electron chi connectivity index (χ2n) is 8.74. The molecule has 1 amide bonds. The van der Waals surface area contributed by atoms with E-state index in [-0.39, 0.29) is 30.3 Å². The highest BCUT2D eigenvalue weighted by Crippen LogP contribution is 2.28. The van der Waals surface area contributed by atoms with Gasteiger partial charge in [0.25, 0.3) is 11.5 Å². The number of carbonyl (C=O) groups excluding carboxylic acids is 3. The van der Waals surface area contributed by atoms with E-state index in [9.17, 15) is 19.2 Å². The van der Waals surface area contributed by atoms with Gasteiger partial charge in [0.05, 0.1) is 16.8 Å². The normalized spacial score (nSPS) is 13.7. The van der Waals surface area contributed by atoms with Crippen molar-refractivity contribution in [1.82, 2.24) is 20.2 Å². The Morgan fingerprint density at radius 2 is 2.11 bits per heavy atom. The molecule has 3 heterocycles. The maximum absolute atomic E-state index is 12.8. The van der Waals surface area contributed by atoms with Crippen LogP contribution in [0.25, 0.3) is 10.2 Å². The second-order valence-corrected chi connectivity index (χ2v) is 9.83. The summed E-state index contributed by atoms with van der Waals surface area (Å²) in [6.07, 6.45) is 3.23. The lowest BCUT2D eigenvalue weighted by atomic mass is 9.96. The molecule has 0 atom stereocenters. The summed E-state index contributed by atoms with van der Waals surface area (Å²) in [6, 6.07) is 6.00. The fourth-order valence-corrected chi connectivity index (χ4v) is 5.62. The Morgan fingerprint density at radius 3 is 2.81 bits per heavy atom. The maximum atomic E-state index is 12.8. The fourth-order valence-electron chi connectivity index (χ4n) is 4.37. The van der Waals surface area contributed by atoms with E-state index in [2.05, 4.69) is 21.9 Å². The number of thiophene rings is 1. The zero-order valence-electron chi connectivity index (χ0n) is 20.1. The summed E-state index contributed by atoms with van der Waals surface area (Å²) in [5, 5.41) is 3.23. The molecule has 9 nitrogen and oxygen atoms in total. The number of allylic oxidation sites excluding steroid dienone is 2. The lowest BCUT2D eigenvalue weighted by Gasteiger charge is -2.32. The number of nitrogens with two attached hydrogens (primary N) is 1. The first kappa shape index (κ1) is 25.1. The largest absolute Gasteiger partial charge is 0.394 e. The zero-order chi connectivity index (χ0) is 26.0. The number of ketones is 1. The smallest absolute Gasteiger partial charge is 0.287 e. The van der Waals surface area contributed by atoms with Crippen molar-refractivity contribution in [2.45, 2.75) is 39.8 Å². The van der Waals surface area contributed by atoms with Crippen molar-refractivity contribution in [3.8, 4) is 0 Å². The first-order valence-corrected chi connectivity index (χ1v) is 12.3. The number of amides is 1.